The van der Waals surface area contributed by atoms with E-state index in [0.29, 0.717) is 4.99 Å². The zero-order valence-electron chi connectivity index (χ0n) is 11.2. The number of likely N-dealkylation sites (tertiary alicyclic amines) is 1. The van der Waals surface area contributed by atoms with Crippen molar-refractivity contribution in [3.63, 3.8) is 0 Å². The fraction of sp³-hybridized carbons (Fsp3) is 0.533. The van der Waals surface area contributed by atoms with E-state index in [1.54, 1.807) is 0 Å². The summed E-state index contributed by atoms with van der Waals surface area (Å²) in [7, 11) is 0. The maximum atomic E-state index is 6.00. The van der Waals surface area contributed by atoms with Crippen LogP contribution in [0, 0.1) is 12.8 Å². The Bertz CT molecular complexity index is 430. The second-order valence-electron chi connectivity index (χ2n) is 5.40. The van der Waals surface area contributed by atoms with Gasteiger partial charge in [0.05, 0.1) is 11.0 Å². The standard InChI is InChI=1S/C15H22N2S/c1-11-6-5-9-17(10-11)14(15(16)18)13-8-4-3-7-12(13)2/h3-4,7-8,11,14H,5-6,9-10H2,1-2H3,(H2,16,18). The van der Waals surface area contributed by atoms with Gasteiger partial charge in [0.2, 0.25) is 0 Å². The molecule has 1 heterocycles. The van der Waals surface area contributed by atoms with E-state index in [1.807, 2.05) is 0 Å². The zero-order chi connectivity index (χ0) is 13.1. The Kier molecular flexibility index (Phi) is 4.36. The van der Waals surface area contributed by atoms with Gasteiger partial charge in [0.15, 0.2) is 0 Å². The van der Waals surface area contributed by atoms with Crippen molar-refractivity contribution < 1.29 is 0 Å². The highest BCUT2D eigenvalue weighted by Crippen LogP contribution is 2.28. The normalized spacial score (nSPS) is 22.7. The van der Waals surface area contributed by atoms with Crippen molar-refractivity contribution in [2.45, 2.75) is 32.7 Å². The van der Waals surface area contributed by atoms with Crippen LogP contribution in [0.3, 0.4) is 0 Å². The molecule has 2 unspecified atom stereocenters. The molecule has 2 rings (SSSR count). The molecule has 18 heavy (non-hydrogen) atoms. The van der Waals surface area contributed by atoms with Crippen LogP contribution >= 0.6 is 12.2 Å². The molecule has 0 saturated carbocycles. The van der Waals surface area contributed by atoms with E-state index in [-0.39, 0.29) is 6.04 Å². The van der Waals surface area contributed by atoms with Gasteiger partial charge >= 0.3 is 0 Å². The maximum absolute atomic E-state index is 6.00. The fourth-order valence-corrected chi connectivity index (χ4v) is 3.16. The Morgan fingerprint density at radius 3 is 2.78 bits per heavy atom. The Balaban J connectivity index is 2.28. The summed E-state index contributed by atoms with van der Waals surface area (Å²) < 4.78 is 0. The zero-order valence-corrected chi connectivity index (χ0v) is 12.0. The summed E-state index contributed by atoms with van der Waals surface area (Å²) >= 11 is 5.31. The van der Waals surface area contributed by atoms with Crippen molar-refractivity contribution in [2.24, 2.45) is 11.7 Å². The van der Waals surface area contributed by atoms with Crippen LogP contribution in [0.1, 0.15) is 36.9 Å². The van der Waals surface area contributed by atoms with Gasteiger partial charge in [-0.1, -0.05) is 43.4 Å². The first-order valence-corrected chi connectivity index (χ1v) is 7.09. The van der Waals surface area contributed by atoms with Gasteiger partial charge in [-0.2, -0.15) is 0 Å². The van der Waals surface area contributed by atoms with Crippen LogP contribution < -0.4 is 5.73 Å². The third kappa shape index (κ3) is 2.90. The largest absolute Gasteiger partial charge is 0.392 e. The third-order valence-electron chi connectivity index (χ3n) is 3.81. The van der Waals surface area contributed by atoms with Gasteiger partial charge in [0.1, 0.15) is 0 Å². The van der Waals surface area contributed by atoms with Crippen molar-refractivity contribution in [1.82, 2.24) is 4.90 Å². The molecule has 0 aromatic heterocycles. The molecule has 1 aromatic carbocycles. The van der Waals surface area contributed by atoms with E-state index >= 15 is 0 Å². The van der Waals surface area contributed by atoms with Crippen molar-refractivity contribution in [3.05, 3.63) is 35.4 Å². The molecular formula is C15H22N2S. The summed E-state index contributed by atoms with van der Waals surface area (Å²) in [6, 6.07) is 8.52. The van der Waals surface area contributed by atoms with Crippen LogP contribution in [-0.2, 0) is 0 Å². The number of hydrogen-bond acceptors (Lipinski definition) is 2. The first-order valence-electron chi connectivity index (χ1n) is 6.68. The number of hydrogen-bond donors (Lipinski definition) is 1. The number of nitrogens with zero attached hydrogens (tertiary/aromatic N) is 1. The predicted octanol–water partition coefficient (Wildman–Crippen LogP) is 3.05. The van der Waals surface area contributed by atoms with Gasteiger partial charge in [0, 0.05) is 6.54 Å². The van der Waals surface area contributed by atoms with E-state index in [2.05, 4.69) is 43.0 Å². The van der Waals surface area contributed by atoms with Gasteiger partial charge in [0.25, 0.3) is 0 Å². The lowest BCUT2D eigenvalue weighted by Crippen LogP contribution is -2.42. The molecule has 0 aliphatic carbocycles. The summed E-state index contributed by atoms with van der Waals surface area (Å²) in [6.45, 7) is 6.63. The maximum Gasteiger partial charge on any atom is 0.0948 e. The number of thiocarbonyl (C=S) groups is 1. The van der Waals surface area contributed by atoms with Crippen LogP contribution in [0.15, 0.2) is 24.3 Å². The van der Waals surface area contributed by atoms with Crippen LogP contribution in [0.2, 0.25) is 0 Å². The van der Waals surface area contributed by atoms with Crippen molar-refractivity contribution in [2.75, 3.05) is 13.1 Å². The van der Waals surface area contributed by atoms with Gasteiger partial charge in [-0.05, 0) is 43.4 Å². The first kappa shape index (κ1) is 13.5. The second kappa shape index (κ2) is 5.81. The Labute approximate surface area is 115 Å². The lowest BCUT2D eigenvalue weighted by molar-refractivity contribution is 0.162. The smallest absolute Gasteiger partial charge is 0.0948 e. The minimum atomic E-state index is 0.101. The average molecular weight is 262 g/mol. The Morgan fingerprint density at radius 1 is 1.44 bits per heavy atom. The molecule has 98 valence electrons. The molecule has 2 atom stereocenters. The second-order valence-corrected chi connectivity index (χ2v) is 5.88. The molecule has 0 spiro atoms. The van der Waals surface area contributed by atoms with Crippen molar-refractivity contribution in [1.29, 1.82) is 0 Å². The van der Waals surface area contributed by atoms with Crippen molar-refractivity contribution in [3.8, 4) is 0 Å². The molecule has 1 aliphatic rings. The number of piperidine rings is 1. The molecule has 1 saturated heterocycles. The quantitative estimate of drug-likeness (QED) is 0.849. The number of benzene rings is 1. The topological polar surface area (TPSA) is 29.3 Å². The summed E-state index contributed by atoms with van der Waals surface area (Å²) in [5.74, 6) is 0.736. The first-order chi connectivity index (χ1) is 8.59. The summed E-state index contributed by atoms with van der Waals surface area (Å²) in [5, 5.41) is 0. The van der Waals surface area contributed by atoms with Crippen LogP contribution in [-0.4, -0.2) is 23.0 Å². The van der Waals surface area contributed by atoms with Crippen LogP contribution in [0.25, 0.3) is 0 Å². The predicted molar refractivity (Wildman–Crippen MR) is 80.7 cm³/mol. The molecule has 0 radical (unpaired) electrons. The van der Waals surface area contributed by atoms with Gasteiger partial charge in [-0.25, -0.2) is 0 Å². The molecule has 1 aromatic rings. The van der Waals surface area contributed by atoms with E-state index in [9.17, 15) is 0 Å². The summed E-state index contributed by atoms with van der Waals surface area (Å²) in [6.07, 6.45) is 2.56. The van der Waals surface area contributed by atoms with Crippen LogP contribution in [0.5, 0.6) is 0 Å². The molecule has 1 fully saturated rings. The summed E-state index contributed by atoms with van der Waals surface area (Å²) in [5.41, 5.74) is 8.54. The van der Waals surface area contributed by atoms with Crippen LogP contribution in [0.4, 0.5) is 0 Å². The summed E-state index contributed by atoms with van der Waals surface area (Å²) in [4.78, 5) is 3.04. The van der Waals surface area contributed by atoms with Gasteiger partial charge in [-0.15, -0.1) is 0 Å². The fourth-order valence-electron chi connectivity index (χ4n) is 2.88. The van der Waals surface area contributed by atoms with E-state index in [1.165, 1.54) is 24.0 Å². The molecular weight excluding hydrogens is 240 g/mol. The lowest BCUT2D eigenvalue weighted by atomic mass is 9.94. The number of aryl methyl sites for hydroxylation is 1. The lowest BCUT2D eigenvalue weighted by Gasteiger charge is -2.37. The average Bonchev–Trinajstić information content (AvgIpc) is 2.32. The minimum absolute atomic E-state index is 0.101. The highest BCUT2D eigenvalue weighted by Gasteiger charge is 2.27. The molecule has 2 nitrogen and oxygen atoms in total. The van der Waals surface area contributed by atoms with Crippen molar-refractivity contribution >= 4 is 17.2 Å². The number of nitrogens with two attached hydrogens (primary N) is 1. The highest BCUT2D eigenvalue weighted by atomic mass is 32.1. The highest BCUT2D eigenvalue weighted by molar-refractivity contribution is 7.80. The molecule has 3 heteroatoms. The molecule has 1 aliphatic heterocycles. The number of rotatable bonds is 3. The Morgan fingerprint density at radius 2 is 2.17 bits per heavy atom. The van der Waals surface area contributed by atoms with E-state index < -0.39 is 0 Å². The van der Waals surface area contributed by atoms with Gasteiger partial charge < -0.3 is 5.73 Å². The monoisotopic (exact) mass is 262 g/mol. The molecule has 0 amide bonds. The molecule has 0 bridgehead atoms. The SMILES string of the molecule is Cc1ccccc1C(C(N)=S)N1CCCC(C)C1. The van der Waals surface area contributed by atoms with Gasteiger partial charge in [-0.3, -0.25) is 4.90 Å². The molecule has 2 N–H and O–H groups in total. The Hall–Kier alpha value is -0.930. The van der Waals surface area contributed by atoms with E-state index in [4.69, 9.17) is 18.0 Å². The minimum Gasteiger partial charge on any atom is -0.392 e. The third-order valence-corrected chi connectivity index (χ3v) is 4.03. The van der Waals surface area contributed by atoms with E-state index in [0.717, 1.165) is 19.0 Å².